The number of aliphatic imine (C=N–C) groups is 1. The topological polar surface area (TPSA) is 66.2 Å². The first kappa shape index (κ1) is 17.3. The number of benzene rings is 1. The van der Waals surface area contributed by atoms with Gasteiger partial charge >= 0.3 is 0 Å². The highest BCUT2D eigenvalue weighted by atomic mass is 16.3. The van der Waals surface area contributed by atoms with Crippen molar-refractivity contribution in [3.8, 4) is 5.88 Å². The maximum atomic E-state index is 10.6. The number of aromatic hydroxyl groups is 1. The van der Waals surface area contributed by atoms with E-state index in [4.69, 9.17) is 4.99 Å². The second-order valence-electron chi connectivity index (χ2n) is 6.32. The Labute approximate surface area is 148 Å². The zero-order valence-electron chi connectivity index (χ0n) is 15.0. The largest absolute Gasteiger partial charge is 0.493 e. The second-order valence-corrected chi connectivity index (χ2v) is 6.32. The molecule has 0 atom stereocenters. The second kappa shape index (κ2) is 8.01. The van der Waals surface area contributed by atoms with Crippen molar-refractivity contribution in [3.05, 3.63) is 48.0 Å². The van der Waals surface area contributed by atoms with Crippen molar-refractivity contribution in [1.29, 1.82) is 0 Å². The Bertz CT molecular complexity index is 827. The molecular formula is C20H26N4O. The lowest BCUT2D eigenvalue weighted by Gasteiger charge is -2.05. The third kappa shape index (κ3) is 3.76. The van der Waals surface area contributed by atoms with Crippen LogP contribution in [-0.2, 0) is 6.54 Å². The Morgan fingerprint density at radius 1 is 1.20 bits per heavy atom. The summed E-state index contributed by atoms with van der Waals surface area (Å²) in [5.74, 6) is 0.197. The van der Waals surface area contributed by atoms with E-state index in [1.54, 1.807) is 10.9 Å². The Kier molecular flexibility index (Phi) is 5.53. The van der Waals surface area contributed by atoms with Crippen LogP contribution in [0.5, 0.6) is 5.88 Å². The van der Waals surface area contributed by atoms with E-state index in [1.165, 1.54) is 0 Å². The summed E-state index contributed by atoms with van der Waals surface area (Å²) < 4.78 is 1.80. The molecule has 132 valence electrons. The SMILES string of the molecule is CCCCN=C(c1cc2ccccc2[nH]1)c1ncn(CCCC)c1O. The zero-order chi connectivity index (χ0) is 17.6. The summed E-state index contributed by atoms with van der Waals surface area (Å²) in [7, 11) is 0. The number of unbranched alkanes of at least 4 members (excludes halogenated alkanes) is 2. The Morgan fingerprint density at radius 3 is 2.76 bits per heavy atom. The minimum Gasteiger partial charge on any atom is -0.493 e. The predicted molar refractivity (Wildman–Crippen MR) is 103 cm³/mol. The van der Waals surface area contributed by atoms with Gasteiger partial charge in [-0.3, -0.25) is 4.99 Å². The highest BCUT2D eigenvalue weighted by Crippen LogP contribution is 2.23. The number of rotatable bonds is 8. The molecule has 3 rings (SSSR count). The third-order valence-corrected chi connectivity index (χ3v) is 4.35. The van der Waals surface area contributed by atoms with Gasteiger partial charge in [-0.1, -0.05) is 44.9 Å². The summed E-state index contributed by atoms with van der Waals surface area (Å²) in [6.07, 6.45) is 5.89. The standard InChI is InChI=1S/C20H26N4O/c1-3-5-11-21-18(17-13-15-9-7-8-10-16(15)23-17)19-20(25)24(14-22-19)12-6-4-2/h7-10,13-14,23,25H,3-6,11-12H2,1-2H3. The molecule has 0 aliphatic carbocycles. The van der Waals surface area contributed by atoms with Gasteiger partial charge in [0, 0.05) is 24.0 Å². The van der Waals surface area contributed by atoms with Crippen LogP contribution in [0.15, 0.2) is 41.7 Å². The zero-order valence-corrected chi connectivity index (χ0v) is 15.0. The normalized spacial score (nSPS) is 12.2. The number of aromatic amines is 1. The summed E-state index contributed by atoms with van der Waals surface area (Å²) in [6, 6.07) is 10.2. The van der Waals surface area contributed by atoms with Crippen LogP contribution in [0.1, 0.15) is 50.9 Å². The van der Waals surface area contributed by atoms with Crippen LogP contribution in [0.25, 0.3) is 10.9 Å². The lowest BCUT2D eigenvalue weighted by atomic mass is 10.2. The van der Waals surface area contributed by atoms with E-state index < -0.39 is 0 Å². The van der Waals surface area contributed by atoms with Gasteiger partial charge in [-0.25, -0.2) is 4.98 Å². The molecule has 1 aromatic carbocycles. The number of para-hydroxylation sites is 1. The molecule has 0 aliphatic rings. The van der Waals surface area contributed by atoms with Crippen LogP contribution in [-0.4, -0.2) is 31.9 Å². The summed E-state index contributed by atoms with van der Waals surface area (Å²) in [5.41, 5.74) is 3.25. The number of aryl methyl sites for hydroxylation is 1. The van der Waals surface area contributed by atoms with Gasteiger partial charge < -0.3 is 14.7 Å². The number of fused-ring (bicyclic) bond motifs is 1. The van der Waals surface area contributed by atoms with E-state index in [1.807, 2.05) is 18.2 Å². The minimum absolute atomic E-state index is 0.197. The number of aromatic nitrogens is 3. The molecule has 2 aromatic heterocycles. The molecule has 0 spiro atoms. The maximum Gasteiger partial charge on any atom is 0.221 e. The molecule has 0 unspecified atom stereocenters. The fourth-order valence-corrected chi connectivity index (χ4v) is 2.87. The lowest BCUT2D eigenvalue weighted by Crippen LogP contribution is -2.07. The average Bonchev–Trinajstić information content (AvgIpc) is 3.21. The molecule has 0 radical (unpaired) electrons. The molecule has 0 saturated heterocycles. The van der Waals surface area contributed by atoms with Gasteiger partial charge in [0.05, 0.1) is 12.0 Å². The Morgan fingerprint density at radius 2 is 2.00 bits per heavy atom. The van der Waals surface area contributed by atoms with E-state index in [-0.39, 0.29) is 5.88 Å². The molecule has 0 amide bonds. The van der Waals surface area contributed by atoms with Crippen LogP contribution >= 0.6 is 0 Å². The quantitative estimate of drug-likeness (QED) is 0.469. The maximum absolute atomic E-state index is 10.6. The van der Waals surface area contributed by atoms with Crippen LogP contribution in [0.4, 0.5) is 0 Å². The molecule has 0 saturated carbocycles. The van der Waals surface area contributed by atoms with Crippen molar-refractivity contribution >= 4 is 16.6 Å². The van der Waals surface area contributed by atoms with Gasteiger partial charge in [0.2, 0.25) is 5.88 Å². The average molecular weight is 338 g/mol. The molecule has 0 aliphatic heterocycles. The van der Waals surface area contributed by atoms with Gasteiger partial charge in [0.15, 0.2) is 5.69 Å². The van der Waals surface area contributed by atoms with E-state index in [0.29, 0.717) is 5.69 Å². The Balaban J connectivity index is 2.00. The molecular weight excluding hydrogens is 312 g/mol. The molecule has 2 N–H and O–H groups in total. The van der Waals surface area contributed by atoms with Crippen molar-refractivity contribution in [2.75, 3.05) is 6.54 Å². The number of hydrogen-bond donors (Lipinski definition) is 2. The first-order chi connectivity index (χ1) is 12.2. The van der Waals surface area contributed by atoms with Crippen LogP contribution in [0.2, 0.25) is 0 Å². The number of H-pyrrole nitrogens is 1. The van der Waals surface area contributed by atoms with Crippen molar-refractivity contribution in [1.82, 2.24) is 14.5 Å². The summed E-state index contributed by atoms with van der Waals surface area (Å²) in [5, 5.41) is 11.8. The van der Waals surface area contributed by atoms with E-state index in [9.17, 15) is 5.11 Å². The van der Waals surface area contributed by atoms with Crippen LogP contribution in [0.3, 0.4) is 0 Å². The first-order valence-electron chi connectivity index (χ1n) is 9.11. The van der Waals surface area contributed by atoms with Crippen molar-refractivity contribution in [2.45, 2.75) is 46.1 Å². The molecule has 3 aromatic rings. The number of imidazole rings is 1. The van der Waals surface area contributed by atoms with E-state index >= 15 is 0 Å². The number of nitrogens with one attached hydrogen (secondary N) is 1. The minimum atomic E-state index is 0.197. The molecule has 5 nitrogen and oxygen atoms in total. The first-order valence-corrected chi connectivity index (χ1v) is 9.11. The van der Waals surface area contributed by atoms with Gasteiger partial charge in [0.25, 0.3) is 0 Å². The van der Waals surface area contributed by atoms with Gasteiger partial charge in [-0.05, 0) is 25.0 Å². The molecule has 0 fully saturated rings. The summed E-state index contributed by atoms with van der Waals surface area (Å²) >= 11 is 0. The smallest absolute Gasteiger partial charge is 0.221 e. The van der Waals surface area contributed by atoms with Crippen molar-refractivity contribution in [2.24, 2.45) is 4.99 Å². The fourth-order valence-electron chi connectivity index (χ4n) is 2.87. The van der Waals surface area contributed by atoms with Gasteiger partial charge in [-0.15, -0.1) is 0 Å². The van der Waals surface area contributed by atoms with E-state index in [0.717, 1.165) is 61.1 Å². The molecule has 5 heteroatoms. The fraction of sp³-hybridized carbons (Fsp3) is 0.400. The Hall–Kier alpha value is -2.56. The van der Waals surface area contributed by atoms with E-state index in [2.05, 4.69) is 35.9 Å². The molecule has 2 heterocycles. The monoisotopic (exact) mass is 338 g/mol. The van der Waals surface area contributed by atoms with Crippen molar-refractivity contribution in [3.63, 3.8) is 0 Å². The van der Waals surface area contributed by atoms with Crippen LogP contribution < -0.4 is 0 Å². The predicted octanol–water partition coefficient (Wildman–Crippen LogP) is 4.51. The van der Waals surface area contributed by atoms with Gasteiger partial charge in [0.1, 0.15) is 5.71 Å². The highest BCUT2D eigenvalue weighted by molar-refractivity contribution is 6.13. The highest BCUT2D eigenvalue weighted by Gasteiger charge is 2.19. The number of nitrogens with zero attached hydrogens (tertiary/aromatic N) is 3. The summed E-state index contributed by atoms with van der Waals surface area (Å²) in [6.45, 7) is 5.78. The molecule has 0 bridgehead atoms. The number of hydrogen-bond acceptors (Lipinski definition) is 3. The third-order valence-electron chi connectivity index (χ3n) is 4.35. The lowest BCUT2D eigenvalue weighted by molar-refractivity contribution is 0.411. The summed E-state index contributed by atoms with van der Waals surface area (Å²) in [4.78, 5) is 12.6. The van der Waals surface area contributed by atoms with Crippen molar-refractivity contribution < 1.29 is 5.11 Å². The molecule has 25 heavy (non-hydrogen) atoms. The van der Waals surface area contributed by atoms with Gasteiger partial charge in [-0.2, -0.15) is 0 Å². The van der Waals surface area contributed by atoms with Crippen LogP contribution in [0, 0.1) is 0 Å².